The summed E-state index contributed by atoms with van der Waals surface area (Å²) in [7, 11) is 0. The number of hydrogen-bond donors (Lipinski definition) is 2. The number of H-pyrrole nitrogens is 1. The topological polar surface area (TPSA) is 80.1 Å². The highest BCUT2D eigenvalue weighted by Gasteiger charge is 2.27. The van der Waals surface area contributed by atoms with E-state index in [9.17, 15) is 0 Å². The fourth-order valence-electron chi connectivity index (χ4n) is 4.59. The van der Waals surface area contributed by atoms with E-state index in [1.54, 1.807) is 6.33 Å². The van der Waals surface area contributed by atoms with Crippen LogP contribution in [0, 0.1) is 5.92 Å². The summed E-state index contributed by atoms with van der Waals surface area (Å²) in [4.78, 5) is 7.58. The van der Waals surface area contributed by atoms with Gasteiger partial charge in [0.15, 0.2) is 0 Å². The Morgan fingerprint density at radius 1 is 1.19 bits per heavy atom. The summed E-state index contributed by atoms with van der Waals surface area (Å²) in [6, 6.07) is 2.07. The molecule has 7 nitrogen and oxygen atoms in total. The maximum atomic E-state index is 5.69. The second-order valence-electron chi connectivity index (χ2n) is 7.76. The number of fused-ring (bicyclic) bond motifs is 3. The summed E-state index contributed by atoms with van der Waals surface area (Å²) < 4.78 is 7.51. The van der Waals surface area contributed by atoms with Gasteiger partial charge >= 0.3 is 0 Å². The Morgan fingerprint density at radius 2 is 2.12 bits per heavy atom. The lowest BCUT2D eigenvalue weighted by Crippen LogP contribution is -2.32. The molecule has 3 aromatic rings. The van der Waals surface area contributed by atoms with Gasteiger partial charge in [-0.05, 0) is 57.1 Å². The van der Waals surface area contributed by atoms with Crippen LogP contribution in [0.4, 0.5) is 0 Å². The third kappa shape index (κ3) is 2.99. The molecule has 1 aliphatic heterocycles. The smallest absolute Gasteiger partial charge is 0.141 e. The number of aromatic amines is 1. The van der Waals surface area contributed by atoms with Gasteiger partial charge in [0, 0.05) is 30.7 Å². The van der Waals surface area contributed by atoms with Crippen molar-refractivity contribution >= 4 is 16.6 Å². The van der Waals surface area contributed by atoms with Crippen molar-refractivity contribution in [3.05, 3.63) is 24.3 Å². The van der Waals surface area contributed by atoms with Crippen LogP contribution in [0.15, 0.2) is 18.6 Å². The lowest BCUT2D eigenvalue weighted by molar-refractivity contribution is 0.108. The lowest BCUT2D eigenvalue weighted by Gasteiger charge is -2.28. The number of aromatic nitrogens is 5. The SMILES string of the molecule is c1cc2c(ncn3nnc(C4CCC(CNC[C@@H]5CCCO5)CC4)c23)[nH]1. The molecule has 0 unspecified atom stereocenters. The molecular formula is C19H26N6O. The maximum absolute atomic E-state index is 5.69. The van der Waals surface area contributed by atoms with Crippen LogP contribution in [0.5, 0.6) is 0 Å². The minimum atomic E-state index is 0.437. The molecule has 3 aromatic heterocycles. The van der Waals surface area contributed by atoms with Crippen LogP contribution < -0.4 is 5.32 Å². The zero-order valence-corrected chi connectivity index (χ0v) is 15.0. The molecule has 4 heterocycles. The molecule has 1 saturated heterocycles. The van der Waals surface area contributed by atoms with Gasteiger partial charge in [0.05, 0.1) is 11.8 Å². The zero-order valence-electron chi connectivity index (χ0n) is 15.0. The molecule has 1 saturated carbocycles. The molecule has 2 fully saturated rings. The Labute approximate surface area is 152 Å². The van der Waals surface area contributed by atoms with Gasteiger partial charge in [0.25, 0.3) is 0 Å². The number of hydrogen-bond acceptors (Lipinski definition) is 5. The fraction of sp³-hybridized carbons (Fsp3) is 0.632. The van der Waals surface area contributed by atoms with Crippen molar-refractivity contribution in [2.45, 2.75) is 50.5 Å². The summed E-state index contributed by atoms with van der Waals surface area (Å²) in [5.74, 6) is 1.27. The van der Waals surface area contributed by atoms with E-state index in [-0.39, 0.29) is 0 Å². The molecule has 5 rings (SSSR count). The van der Waals surface area contributed by atoms with Crippen molar-refractivity contribution in [2.75, 3.05) is 19.7 Å². The van der Waals surface area contributed by atoms with E-state index < -0.39 is 0 Å². The van der Waals surface area contributed by atoms with Crippen molar-refractivity contribution in [3.63, 3.8) is 0 Å². The molecule has 0 spiro atoms. The first-order valence-corrected chi connectivity index (χ1v) is 9.88. The van der Waals surface area contributed by atoms with E-state index in [1.165, 1.54) is 38.5 Å². The number of ether oxygens (including phenoxy) is 1. The summed E-state index contributed by atoms with van der Waals surface area (Å²) in [5, 5.41) is 13.6. The highest BCUT2D eigenvalue weighted by molar-refractivity contribution is 5.92. The van der Waals surface area contributed by atoms with Gasteiger partial charge < -0.3 is 15.0 Å². The van der Waals surface area contributed by atoms with E-state index >= 15 is 0 Å². The predicted octanol–water partition coefficient (Wildman–Crippen LogP) is 2.65. The fourth-order valence-corrected chi connectivity index (χ4v) is 4.59. The average Bonchev–Trinajstić information content (AvgIpc) is 3.41. The first-order valence-electron chi connectivity index (χ1n) is 9.88. The largest absolute Gasteiger partial charge is 0.377 e. The van der Waals surface area contributed by atoms with Crippen molar-refractivity contribution in [3.8, 4) is 0 Å². The minimum absolute atomic E-state index is 0.437. The Balaban J connectivity index is 1.23. The van der Waals surface area contributed by atoms with Crippen molar-refractivity contribution in [1.29, 1.82) is 0 Å². The quantitative estimate of drug-likeness (QED) is 0.736. The minimum Gasteiger partial charge on any atom is -0.377 e. The zero-order chi connectivity index (χ0) is 17.3. The Kier molecular flexibility index (Phi) is 4.34. The maximum Gasteiger partial charge on any atom is 0.141 e. The molecule has 1 aliphatic carbocycles. The number of nitrogens with zero attached hydrogens (tertiary/aromatic N) is 4. The molecule has 0 bridgehead atoms. The standard InChI is InChI=1S/C19H26N6O/c1-2-15(26-9-1)11-20-10-13-3-5-14(6-4-13)17-18-16-7-8-21-19(16)22-12-25(18)24-23-17/h7-8,12-15,20-21H,1-6,9-11H2/t13?,14?,15-/m0/s1. The molecule has 1 atom stereocenters. The van der Waals surface area contributed by atoms with Crippen LogP contribution in [-0.2, 0) is 4.74 Å². The summed E-state index contributed by atoms with van der Waals surface area (Å²) >= 11 is 0. The predicted molar refractivity (Wildman–Crippen MR) is 99.2 cm³/mol. The van der Waals surface area contributed by atoms with Crippen LogP contribution in [0.25, 0.3) is 16.6 Å². The van der Waals surface area contributed by atoms with Gasteiger partial charge in [0.2, 0.25) is 0 Å². The molecule has 0 aromatic carbocycles. The Morgan fingerprint density at radius 3 is 2.96 bits per heavy atom. The van der Waals surface area contributed by atoms with Gasteiger partial charge in [-0.15, -0.1) is 5.10 Å². The van der Waals surface area contributed by atoms with E-state index in [4.69, 9.17) is 4.74 Å². The third-order valence-corrected chi connectivity index (χ3v) is 6.06. The molecule has 2 aliphatic rings. The Bertz CT molecular complexity index is 873. The summed E-state index contributed by atoms with van der Waals surface area (Å²) in [5.41, 5.74) is 3.17. The van der Waals surface area contributed by atoms with Gasteiger partial charge in [0.1, 0.15) is 17.5 Å². The first kappa shape index (κ1) is 16.2. The van der Waals surface area contributed by atoms with E-state index in [2.05, 4.69) is 31.7 Å². The van der Waals surface area contributed by atoms with Crippen LogP contribution in [0.2, 0.25) is 0 Å². The van der Waals surface area contributed by atoms with Gasteiger partial charge in [-0.2, -0.15) is 0 Å². The molecule has 26 heavy (non-hydrogen) atoms. The first-order chi connectivity index (χ1) is 12.9. The highest BCUT2D eigenvalue weighted by Crippen LogP contribution is 2.37. The number of rotatable bonds is 5. The molecule has 7 heteroatoms. The Hall–Kier alpha value is -1.99. The van der Waals surface area contributed by atoms with E-state index in [0.29, 0.717) is 12.0 Å². The van der Waals surface area contributed by atoms with Gasteiger partial charge in [-0.25, -0.2) is 9.50 Å². The highest BCUT2D eigenvalue weighted by atomic mass is 16.5. The average molecular weight is 354 g/mol. The van der Waals surface area contributed by atoms with Crippen molar-refractivity contribution in [2.24, 2.45) is 5.92 Å². The third-order valence-electron chi connectivity index (χ3n) is 6.06. The second-order valence-corrected chi connectivity index (χ2v) is 7.76. The van der Waals surface area contributed by atoms with Crippen LogP contribution in [0.1, 0.15) is 50.1 Å². The second kappa shape index (κ2) is 6.96. The lowest BCUT2D eigenvalue weighted by atomic mass is 9.80. The van der Waals surface area contributed by atoms with Crippen molar-refractivity contribution in [1.82, 2.24) is 30.1 Å². The summed E-state index contributed by atoms with van der Waals surface area (Å²) in [6.07, 6.45) is 11.4. The molecule has 0 amide bonds. The van der Waals surface area contributed by atoms with E-state index in [0.717, 1.165) is 47.9 Å². The van der Waals surface area contributed by atoms with Crippen LogP contribution in [0.3, 0.4) is 0 Å². The van der Waals surface area contributed by atoms with Crippen molar-refractivity contribution < 1.29 is 4.74 Å². The van der Waals surface area contributed by atoms with Gasteiger partial charge in [-0.1, -0.05) is 5.21 Å². The molecular weight excluding hydrogens is 328 g/mol. The summed E-state index contributed by atoms with van der Waals surface area (Å²) in [6.45, 7) is 3.06. The van der Waals surface area contributed by atoms with Gasteiger partial charge in [-0.3, -0.25) is 0 Å². The normalized spacial score (nSPS) is 26.8. The molecule has 138 valence electrons. The monoisotopic (exact) mass is 354 g/mol. The number of nitrogens with one attached hydrogen (secondary N) is 2. The molecule has 0 radical (unpaired) electrons. The molecule has 2 N–H and O–H groups in total. The van der Waals surface area contributed by atoms with E-state index in [1.807, 2.05) is 10.7 Å². The van der Waals surface area contributed by atoms with Crippen LogP contribution >= 0.6 is 0 Å². The van der Waals surface area contributed by atoms with Crippen LogP contribution in [-0.4, -0.2) is 50.6 Å².